The van der Waals surface area contributed by atoms with Crippen molar-refractivity contribution in [3.05, 3.63) is 39.5 Å². The molecule has 1 aromatic carbocycles. The zero-order valence-corrected chi connectivity index (χ0v) is 13.5. The molecule has 18 heavy (non-hydrogen) atoms. The van der Waals surface area contributed by atoms with Crippen molar-refractivity contribution in [2.75, 3.05) is 6.54 Å². The second-order valence-corrected chi connectivity index (χ2v) is 4.90. The van der Waals surface area contributed by atoms with E-state index in [9.17, 15) is 0 Å². The lowest BCUT2D eigenvalue weighted by Crippen LogP contribution is -3.00. The third-order valence-corrected chi connectivity index (χ3v) is 3.70. The second kappa shape index (κ2) is 7.12. The summed E-state index contributed by atoms with van der Waals surface area (Å²) in [7, 11) is 0. The average Bonchev–Trinajstić information content (AvgIpc) is 2.73. The van der Waals surface area contributed by atoms with Crippen molar-refractivity contribution in [2.45, 2.75) is 20.4 Å². The van der Waals surface area contributed by atoms with Crippen molar-refractivity contribution in [3.8, 4) is 11.3 Å². The summed E-state index contributed by atoms with van der Waals surface area (Å²) >= 11 is 7.59. The van der Waals surface area contributed by atoms with Gasteiger partial charge in [0, 0.05) is 23.5 Å². The molecule has 5 heteroatoms. The first-order valence-corrected chi connectivity index (χ1v) is 6.96. The molecule has 0 fully saturated rings. The van der Waals surface area contributed by atoms with E-state index in [1.165, 1.54) is 11.3 Å². The fourth-order valence-electron chi connectivity index (χ4n) is 1.75. The van der Waals surface area contributed by atoms with E-state index in [0.29, 0.717) is 0 Å². The van der Waals surface area contributed by atoms with E-state index in [4.69, 9.17) is 11.6 Å². The van der Waals surface area contributed by atoms with Crippen LogP contribution in [0.3, 0.4) is 0 Å². The standard InChI is InChI=1S/C13H15ClN2S.BrH/c1-3-15-13-16(4-2)12(9-17-13)10-5-7-11(14)8-6-10;/h5-9H,3-4H2,1-2H3;1H/p-1. The van der Waals surface area contributed by atoms with Gasteiger partial charge in [-0.15, -0.1) is 11.3 Å². The lowest BCUT2D eigenvalue weighted by atomic mass is 10.2. The van der Waals surface area contributed by atoms with Gasteiger partial charge in [-0.2, -0.15) is 0 Å². The van der Waals surface area contributed by atoms with Crippen LogP contribution < -0.4 is 21.8 Å². The summed E-state index contributed by atoms with van der Waals surface area (Å²) in [5, 5.41) is 2.92. The predicted octanol–water partition coefficient (Wildman–Crippen LogP) is 0.815. The first-order chi connectivity index (χ1) is 8.26. The minimum atomic E-state index is 0. The zero-order chi connectivity index (χ0) is 12.3. The summed E-state index contributed by atoms with van der Waals surface area (Å²) < 4.78 is 2.23. The predicted molar refractivity (Wildman–Crippen MR) is 74.5 cm³/mol. The number of rotatable bonds is 3. The Labute approximate surface area is 127 Å². The number of hydrogen-bond acceptors (Lipinski definition) is 2. The van der Waals surface area contributed by atoms with Crippen LogP contribution in [-0.2, 0) is 6.54 Å². The molecule has 0 N–H and O–H groups in total. The van der Waals surface area contributed by atoms with Gasteiger partial charge in [-0.1, -0.05) is 23.7 Å². The van der Waals surface area contributed by atoms with Crippen molar-refractivity contribution in [1.29, 1.82) is 0 Å². The van der Waals surface area contributed by atoms with Crippen LogP contribution >= 0.6 is 22.9 Å². The highest BCUT2D eigenvalue weighted by Gasteiger charge is 2.05. The summed E-state index contributed by atoms with van der Waals surface area (Å²) in [5.41, 5.74) is 2.39. The van der Waals surface area contributed by atoms with Gasteiger partial charge >= 0.3 is 0 Å². The summed E-state index contributed by atoms with van der Waals surface area (Å²) in [6.07, 6.45) is 0. The average molecular weight is 347 g/mol. The van der Waals surface area contributed by atoms with Gasteiger partial charge < -0.3 is 21.5 Å². The molecule has 0 aliphatic carbocycles. The number of halogens is 2. The van der Waals surface area contributed by atoms with Crippen molar-refractivity contribution in [2.24, 2.45) is 4.99 Å². The fraction of sp³-hybridized carbons (Fsp3) is 0.308. The first-order valence-electron chi connectivity index (χ1n) is 5.71. The van der Waals surface area contributed by atoms with E-state index in [1.54, 1.807) is 11.3 Å². The Morgan fingerprint density at radius 2 is 1.89 bits per heavy atom. The molecular weight excluding hydrogens is 332 g/mol. The molecular formula is C13H15BrClN2S-. The molecule has 2 rings (SSSR count). The minimum absolute atomic E-state index is 0. The van der Waals surface area contributed by atoms with Crippen LogP contribution in [0.1, 0.15) is 13.8 Å². The quantitative estimate of drug-likeness (QED) is 0.783. The zero-order valence-electron chi connectivity index (χ0n) is 10.4. The SMILES string of the molecule is CCN=c1scc(-c2ccc(Cl)cc2)n1CC.[Br-]. The van der Waals surface area contributed by atoms with Gasteiger partial charge in [-0.25, -0.2) is 0 Å². The van der Waals surface area contributed by atoms with Crippen LogP contribution in [-0.4, -0.2) is 11.1 Å². The smallest absolute Gasteiger partial charge is 0.185 e. The Kier molecular flexibility index (Phi) is 6.12. The van der Waals surface area contributed by atoms with Gasteiger partial charge in [0.25, 0.3) is 0 Å². The molecule has 0 aliphatic heterocycles. The topological polar surface area (TPSA) is 17.3 Å². The van der Waals surface area contributed by atoms with E-state index >= 15 is 0 Å². The molecule has 0 atom stereocenters. The maximum atomic E-state index is 5.91. The van der Waals surface area contributed by atoms with Crippen LogP contribution in [0.5, 0.6) is 0 Å². The van der Waals surface area contributed by atoms with E-state index in [-0.39, 0.29) is 17.0 Å². The number of aromatic nitrogens is 1. The molecule has 0 aliphatic rings. The van der Waals surface area contributed by atoms with E-state index in [0.717, 1.165) is 22.9 Å². The van der Waals surface area contributed by atoms with E-state index in [1.807, 2.05) is 24.3 Å². The van der Waals surface area contributed by atoms with Crippen molar-refractivity contribution in [3.63, 3.8) is 0 Å². The highest BCUT2D eigenvalue weighted by molar-refractivity contribution is 7.07. The Hall–Kier alpha value is -0.580. The van der Waals surface area contributed by atoms with Crippen LogP contribution in [0.25, 0.3) is 11.3 Å². The van der Waals surface area contributed by atoms with Crippen LogP contribution in [0, 0.1) is 0 Å². The highest BCUT2D eigenvalue weighted by Crippen LogP contribution is 2.22. The molecule has 0 saturated carbocycles. The Morgan fingerprint density at radius 3 is 2.44 bits per heavy atom. The molecule has 0 bridgehead atoms. The molecule has 0 unspecified atom stereocenters. The number of benzene rings is 1. The number of thiazole rings is 1. The van der Waals surface area contributed by atoms with E-state index < -0.39 is 0 Å². The summed E-state index contributed by atoms with van der Waals surface area (Å²) in [6, 6.07) is 7.94. The van der Waals surface area contributed by atoms with Gasteiger partial charge in [-0.3, -0.25) is 4.99 Å². The van der Waals surface area contributed by atoms with Crippen molar-refractivity contribution in [1.82, 2.24) is 4.57 Å². The minimum Gasteiger partial charge on any atom is -1.00 e. The third-order valence-electron chi connectivity index (χ3n) is 2.55. The maximum Gasteiger partial charge on any atom is 0.185 e. The number of hydrogen-bond donors (Lipinski definition) is 0. The summed E-state index contributed by atoms with van der Waals surface area (Å²) in [4.78, 5) is 5.58. The largest absolute Gasteiger partial charge is 1.00 e. The summed E-state index contributed by atoms with van der Waals surface area (Å²) in [6.45, 7) is 5.95. The van der Waals surface area contributed by atoms with Gasteiger partial charge in [0.2, 0.25) is 0 Å². The monoisotopic (exact) mass is 345 g/mol. The maximum absolute atomic E-state index is 5.91. The third kappa shape index (κ3) is 3.25. The van der Waals surface area contributed by atoms with Gasteiger partial charge in [0.15, 0.2) is 4.80 Å². The molecule has 2 nitrogen and oxygen atoms in total. The molecule has 0 spiro atoms. The number of nitrogens with zero attached hydrogens (tertiary/aromatic N) is 2. The lowest BCUT2D eigenvalue weighted by Gasteiger charge is -2.05. The Balaban J connectivity index is 0.00000162. The van der Waals surface area contributed by atoms with Crippen molar-refractivity contribution < 1.29 is 17.0 Å². The van der Waals surface area contributed by atoms with Gasteiger partial charge in [-0.05, 0) is 31.5 Å². The van der Waals surface area contributed by atoms with Crippen LogP contribution in [0.15, 0.2) is 34.6 Å². The fourth-order valence-corrected chi connectivity index (χ4v) is 2.91. The van der Waals surface area contributed by atoms with Crippen molar-refractivity contribution >= 4 is 22.9 Å². The van der Waals surface area contributed by atoms with Gasteiger partial charge in [0.05, 0.1) is 5.69 Å². The Bertz CT molecular complexity index is 557. The second-order valence-electron chi connectivity index (χ2n) is 3.63. The molecule has 98 valence electrons. The van der Waals surface area contributed by atoms with Crippen LogP contribution in [0.4, 0.5) is 0 Å². The summed E-state index contributed by atoms with van der Waals surface area (Å²) in [5.74, 6) is 0. The molecule has 0 radical (unpaired) electrons. The first kappa shape index (κ1) is 15.5. The normalized spacial score (nSPS) is 11.4. The molecule has 2 aromatic rings. The molecule has 1 aromatic heterocycles. The highest BCUT2D eigenvalue weighted by atomic mass is 79.9. The molecule has 0 amide bonds. The van der Waals surface area contributed by atoms with Gasteiger partial charge in [0.1, 0.15) is 0 Å². The molecule has 1 heterocycles. The van der Waals surface area contributed by atoms with E-state index in [2.05, 4.69) is 28.8 Å². The molecule has 0 saturated heterocycles. The lowest BCUT2D eigenvalue weighted by molar-refractivity contribution is -0.00000344. The van der Waals surface area contributed by atoms with Crippen LogP contribution in [0.2, 0.25) is 5.02 Å². The Morgan fingerprint density at radius 1 is 1.22 bits per heavy atom.